The Bertz CT molecular complexity index is 1250. The van der Waals surface area contributed by atoms with Gasteiger partial charge in [0.1, 0.15) is 11.5 Å². The van der Waals surface area contributed by atoms with Crippen LogP contribution in [0.2, 0.25) is 0 Å². The Morgan fingerprint density at radius 1 is 0.947 bits per heavy atom. The first-order valence-corrected chi connectivity index (χ1v) is 11.3. The van der Waals surface area contributed by atoms with Gasteiger partial charge in [0.25, 0.3) is 0 Å². The number of carbonyl (C=O) groups excluding carboxylic acids is 2. The van der Waals surface area contributed by atoms with E-state index in [9.17, 15) is 34.0 Å². The maximum atomic E-state index is 12.9. The van der Waals surface area contributed by atoms with Crippen LogP contribution >= 0.6 is 0 Å². The van der Waals surface area contributed by atoms with E-state index in [-0.39, 0.29) is 71.9 Å². The van der Waals surface area contributed by atoms with E-state index in [2.05, 4.69) is 26.8 Å². The van der Waals surface area contributed by atoms with Crippen LogP contribution in [0.15, 0.2) is 48.0 Å². The summed E-state index contributed by atoms with van der Waals surface area (Å²) in [5, 5.41) is 28.5. The van der Waals surface area contributed by atoms with Gasteiger partial charge in [-0.05, 0) is 42.5 Å². The molecule has 1 N–H and O–H groups in total. The van der Waals surface area contributed by atoms with Gasteiger partial charge < -0.3 is 22.3 Å². The van der Waals surface area contributed by atoms with Gasteiger partial charge in [-0.2, -0.15) is 19.3 Å². The van der Waals surface area contributed by atoms with E-state index in [0.29, 0.717) is 43.2 Å². The van der Waals surface area contributed by atoms with Crippen LogP contribution in [0.25, 0.3) is 0 Å². The van der Waals surface area contributed by atoms with Crippen molar-refractivity contribution in [3.8, 4) is 12.1 Å². The van der Waals surface area contributed by atoms with Crippen LogP contribution in [0, 0.1) is 34.6 Å². The first kappa shape index (κ1) is 33.1. The second-order valence-corrected chi connectivity index (χ2v) is 8.76. The quantitative estimate of drug-likeness (QED) is 0.270. The second kappa shape index (κ2) is 14.3. The molecule has 2 aromatic heterocycles. The minimum atomic E-state index is -1.00. The van der Waals surface area contributed by atoms with Gasteiger partial charge in [0.05, 0.1) is 35.7 Å². The normalized spacial score (nSPS) is 19.8. The van der Waals surface area contributed by atoms with Gasteiger partial charge in [-0.3, -0.25) is 4.79 Å². The molecule has 2 aliphatic rings. The number of aromatic nitrogens is 2. The molecule has 0 radical (unpaired) electrons. The summed E-state index contributed by atoms with van der Waals surface area (Å²) in [6.45, 7) is 0. The summed E-state index contributed by atoms with van der Waals surface area (Å²) >= 11 is 0. The number of hydrogen-bond acceptors (Lipinski definition) is 8. The Morgan fingerprint density at radius 2 is 1.42 bits per heavy atom. The Balaban J connectivity index is 0.000000368. The summed E-state index contributed by atoms with van der Waals surface area (Å²) < 4.78 is 30.2. The molecule has 0 aliphatic heterocycles. The molecule has 1 unspecified atom stereocenters. The van der Waals surface area contributed by atoms with Crippen LogP contribution < -0.4 is 42.0 Å². The molecule has 1 atom stereocenters. The van der Waals surface area contributed by atoms with Crippen molar-refractivity contribution in [3.05, 3.63) is 71.0 Å². The summed E-state index contributed by atoms with van der Waals surface area (Å²) in [4.78, 5) is 29.9. The van der Waals surface area contributed by atoms with Crippen LogP contribution in [0.5, 0.6) is 0 Å². The molecular formula is C26H24ClF2N4NaO4. The summed E-state index contributed by atoms with van der Waals surface area (Å²) in [6.07, 6.45) is 5.10. The zero-order valence-electron chi connectivity index (χ0n) is 21.0. The number of Topliss-reactive ketones (excluding diaryl/α,β-unsaturated/α-hetero) is 1. The number of nitrogens with zero attached hydrogens (tertiary/aromatic N) is 4. The number of ether oxygens (including phenoxy) is 1. The summed E-state index contributed by atoms with van der Waals surface area (Å²) in [5.41, 5.74) is -0.339. The predicted octanol–water partition coefficient (Wildman–Crippen LogP) is -1.72. The van der Waals surface area contributed by atoms with Gasteiger partial charge >= 0.3 is 35.5 Å². The largest absolute Gasteiger partial charge is 1.00 e. The van der Waals surface area contributed by atoms with Gasteiger partial charge in [0, 0.05) is 38.1 Å². The number of esters is 1. The third-order valence-corrected chi connectivity index (χ3v) is 6.70. The van der Waals surface area contributed by atoms with Crippen molar-refractivity contribution in [1.82, 2.24) is 9.97 Å². The van der Waals surface area contributed by atoms with E-state index in [1.807, 2.05) is 0 Å². The van der Waals surface area contributed by atoms with Crippen molar-refractivity contribution in [2.45, 2.75) is 55.8 Å². The number of nitriles is 2. The van der Waals surface area contributed by atoms with Crippen LogP contribution in [0.3, 0.4) is 0 Å². The van der Waals surface area contributed by atoms with Crippen LogP contribution in [0.4, 0.5) is 8.78 Å². The monoisotopic (exact) mass is 552 g/mol. The smallest absolute Gasteiger partial charge is 1.00 e. The number of hydrogen-bond donors (Lipinski definition) is 1. The van der Waals surface area contributed by atoms with Crippen molar-refractivity contribution >= 4 is 11.8 Å². The minimum absolute atomic E-state index is 0. The summed E-state index contributed by atoms with van der Waals surface area (Å²) in [5.74, 6) is -1.71. The molecule has 194 valence electrons. The van der Waals surface area contributed by atoms with Gasteiger partial charge in [-0.25, -0.2) is 14.8 Å². The number of aliphatic hydroxyl groups excluding tert-OH is 1. The van der Waals surface area contributed by atoms with Gasteiger partial charge in [0.15, 0.2) is 0 Å². The molecule has 8 nitrogen and oxygen atoms in total. The zero-order valence-corrected chi connectivity index (χ0v) is 23.8. The third kappa shape index (κ3) is 7.36. The van der Waals surface area contributed by atoms with Crippen molar-refractivity contribution in [2.75, 3.05) is 7.11 Å². The van der Waals surface area contributed by atoms with Crippen molar-refractivity contribution in [1.29, 1.82) is 10.5 Å². The minimum Gasteiger partial charge on any atom is -1.00 e. The molecule has 0 aromatic carbocycles. The molecule has 2 heterocycles. The number of allylic oxidation sites excluding steroid dienone is 1. The Morgan fingerprint density at radius 3 is 1.84 bits per heavy atom. The first-order chi connectivity index (χ1) is 17.2. The van der Waals surface area contributed by atoms with Crippen molar-refractivity contribution < 1.29 is 70.2 Å². The maximum Gasteiger partial charge on any atom is 1.00 e. The summed E-state index contributed by atoms with van der Waals surface area (Å²) in [6, 6.07) is 9.91. The molecule has 0 bridgehead atoms. The summed E-state index contributed by atoms with van der Waals surface area (Å²) in [7, 11) is 1.21. The van der Waals surface area contributed by atoms with Crippen molar-refractivity contribution in [3.63, 3.8) is 0 Å². The average molecular weight is 553 g/mol. The Labute approximate surface area is 247 Å². The molecule has 12 heteroatoms. The number of ketones is 1. The standard InChI is InChI=1S/C14H13FN2O3.C12H11FN2O.ClH.Na/c1-20-13(19)10-6-14(8-16,5-4-11(10)18)9-2-3-12(15)17-7-9;13-11-2-1-9(7-15-11)12(8-14)5-3-10(16)4-6-12;;/h2-3,7,18H,4-6H2,1H3;1-2,7H,3-6H2;1H;/q;;;+1/p-1. The second-order valence-electron chi connectivity index (χ2n) is 8.76. The molecule has 38 heavy (non-hydrogen) atoms. The average Bonchev–Trinajstić information content (AvgIpc) is 2.91. The van der Waals surface area contributed by atoms with Crippen molar-refractivity contribution in [2.24, 2.45) is 0 Å². The fraction of sp³-hybridized carbons (Fsp3) is 0.385. The number of carbonyl (C=O) groups is 2. The number of rotatable bonds is 3. The molecule has 2 aliphatic carbocycles. The fourth-order valence-corrected chi connectivity index (χ4v) is 4.43. The molecule has 2 aromatic rings. The van der Waals surface area contributed by atoms with E-state index in [1.165, 1.54) is 37.7 Å². The molecule has 4 rings (SSSR count). The number of pyridine rings is 2. The number of aliphatic hydroxyl groups is 1. The van der Waals surface area contributed by atoms with Gasteiger partial charge in [-0.1, -0.05) is 12.1 Å². The molecule has 1 fully saturated rings. The van der Waals surface area contributed by atoms with Crippen LogP contribution in [-0.2, 0) is 25.2 Å². The molecule has 0 amide bonds. The van der Waals surface area contributed by atoms with Crippen LogP contribution in [-0.4, -0.2) is 33.9 Å². The van der Waals surface area contributed by atoms with Gasteiger partial charge in [0.2, 0.25) is 11.9 Å². The molecule has 1 saturated carbocycles. The topological polar surface area (TPSA) is 137 Å². The van der Waals surface area contributed by atoms with E-state index in [4.69, 9.17) is 0 Å². The Hall–Kier alpha value is -2.89. The van der Waals surface area contributed by atoms with Crippen LogP contribution in [0.1, 0.15) is 56.1 Å². The molecular weight excluding hydrogens is 529 g/mol. The van der Waals surface area contributed by atoms with E-state index in [0.717, 1.165) is 0 Å². The molecule has 0 saturated heterocycles. The maximum absolute atomic E-state index is 12.9. The Kier molecular flexibility index (Phi) is 12.5. The third-order valence-electron chi connectivity index (χ3n) is 6.70. The predicted molar refractivity (Wildman–Crippen MR) is 122 cm³/mol. The number of halogens is 3. The SMILES string of the molecule is COC(=O)C1=C(O)CCC(C#N)(c2ccc(F)nc2)C1.N#CC1(c2ccc(F)nc2)CCC(=O)CC1.[Cl-].[Na+]. The first-order valence-electron chi connectivity index (χ1n) is 11.3. The molecule has 0 spiro atoms. The fourth-order valence-electron chi connectivity index (χ4n) is 4.43. The van der Waals surface area contributed by atoms with E-state index < -0.39 is 28.7 Å². The van der Waals surface area contributed by atoms with E-state index in [1.54, 1.807) is 6.07 Å². The van der Waals surface area contributed by atoms with E-state index >= 15 is 0 Å². The number of methoxy groups -OCH3 is 1. The van der Waals surface area contributed by atoms with Gasteiger partial charge in [-0.15, -0.1) is 0 Å². The zero-order chi connectivity index (χ0) is 26.3.